The number of hydrogen-bond acceptors (Lipinski definition) is 5. The fraction of sp³-hybridized carbons (Fsp3) is 0.130. The predicted octanol–water partition coefficient (Wildman–Crippen LogP) is 4.31. The zero-order valence-electron chi connectivity index (χ0n) is 15.8. The summed E-state index contributed by atoms with van der Waals surface area (Å²) < 4.78 is 28.7. The number of rotatable bonds is 8. The Bertz CT molecular complexity index is 984. The maximum Gasteiger partial charge on any atom is 0.344 e. The monoisotopic (exact) mass is 394 g/mol. The number of Topliss-reactive ketones (excluding diaryl/α,β-unsaturated/α-hetero) is 1. The second kappa shape index (κ2) is 9.50. The second-order valence-corrected chi connectivity index (χ2v) is 6.11. The molecule has 3 aromatic rings. The summed E-state index contributed by atoms with van der Waals surface area (Å²) in [5.41, 5.74) is 2.19. The third kappa shape index (κ3) is 5.42. The summed E-state index contributed by atoms with van der Waals surface area (Å²) in [4.78, 5) is 23.8. The fourth-order valence-corrected chi connectivity index (χ4v) is 2.63. The molecule has 0 spiro atoms. The van der Waals surface area contributed by atoms with Gasteiger partial charge in [-0.2, -0.15) is 0 Å². The zero-order valence-corrected chi connectivity index (χ0v) is 15.8. The number of ketones is 1. The lowest BCUT2D eigenvalue weighted by Crippen LogP contribution is -2.19. The van der Waals surface area contributed by atoms with Crippen LogP contribution in [0.3, 0.4) is 0 Å². The number of esters is 1. The van der Waals surface area contributed by atoms with E-state index in [-0.39, 0.29) is 17.9 Å². The summed E-state index contributed by atoms with van der Waals surface area (Å²) in [7, 11) is 1.33. The van der Waals surface area contributed by atoms with Crippen LogP contribution in [0.4, 0.5) is 4.39 Å². The van der Waals surface area contributed by atoms with E-state index in [0.717, 1.165) is 17.2 Å². The van der Waals surface area contributed by atoms with Gasteiger partial charge < -0.3 is 14.2 Å². The molecular formula is C23H19FO5. The van der Waals surface area contributed by atoms with E-state index in [2.05, 4.69) is 0 Å². The normalized spacial score (nSPS) is 10.3. The summed E-state index contributed by atoms with van der Waals surface area (Å²) in [6.07, 6.45) is 0. The highest BCUT2D eigenvalue weighted by atomic mass is 19.1. The molecule has 0 unspecified atom stereocenters. The Hall–Kier alpha value is -3.67. The van der Waals surface area contributed by atoms with Crippen molar-refractivity contribution in [3.8, 4) is 22.6 Å². The topological polar surface area (TPSA) is 61.8 Å². The molecule has 0 aliphatic carbocycles. The first-order chi connectivity index (χ1) is 14.1. The number of benzene rings is 3. The molecule has 3 aromatic carbocycles. The molecule has 0 N–H and O–H groups in total. The van der Waals surface area contributed by atoms with E-state index in [9.17, 15) is 14.0 Å². The lowest BCUT2D eigenvalue weighted by Gasteiger charge is -2.08. The van der Waals surface area contributed by atoms with Crippen LogP contribution in [0.2, 0.25) is 0 Å². The number of hydrogen-bond donors (Lipinski definition) is 0. The van der Waals surface area contributed by atoms with E-state index in [1.807, 2.05) is 42.5 Å². The van der Waals surface area contributed by atoms with Crippen LogP contribution in [0.5, 0.6) is 11.5 Å². The van der Waals surface area contributed by atoms with Crippen molar-refractivity contribution in [1.29, 1.82) is 0 Å². The lowest BCUT2D eigenvalue weighted by atomic mass is 10.1. The third-order valence-electron chi connectivity index (χ3n) is 4.16. The Kier molecular flexibility index (Phi) is 6.58. The van der Waals surface area contributed by atoms with Gasteiger partial charge in [0.2, 0.25) is 0 Å². The average Bonchev–Trinajstić information content (AvgIpc) is 2.77. The van der Waals surface area contributed by atoms with Crippen LogP contribution in [0.25, 0.3) is 11.1 Å². The number of carbonyl (C=O) groups is 2. The molecule has 0 heterocycles. The lowest BCUT2D eigenvalue weighted by molar-refractivity contribution is -0.144. The molecule has 0 saturated carbocycles. The molecule has 0 aliphatic rings. The third-order valence-corrected chi connectivity index (χ3v) is 4.16. The standard InChI is InChI=1S/C23H19FO5/c1-27-22-12-9-18(13-20(22)24)21(25)14-29-23(26)15-28-19-10-7-17(8-11-19)16-5-3-2-4-6-16/h2-13H,14-15H2,1H3. The second-order valence-electron chi connectivity index (χ2n) is 6.11. The van der Waals surface area contributed by atoms with Crippen molar-refractivity contribution in [2.75, 3.05) is 20.3 Å². The van der Waals surface area contributed by atoms with E-state index < -0.39 is 24.2 Å². The van der Waals surface area contributed by atoms with Gasteiger partial charge in [-0.3, -0.25) is 4.79 Å². The molecule has 5 nitrogen and oxygen atoms in total. The van der Waals surface area contributed by atoms with Crippen LogP contribution in [-0.2, 0) is 9.53 Å². The number of carbonyl (C=O) groups excluding carboxylic acids is 2. The maximum absolute atomic E-state index is 13.6. The quantitative estimate of drug-likeness (QED) is 0.421. The first-order valence-electron chi connectivity index (χ1n) is 8.87. The van der Waals surface area contributed by atoms with Crippen molar-refractivity contribution in [2.45, 2.75) is 0 Å². The first kappa shape index (κ1) is 20.1. The van der Waals surface area contributed by atoms with Crippen LogP contribution in [-0.4, -0.2) is 32.1 Å². The Morgan fingerprint density at radius 1 is 0.862 bits per heavy atom. The Morgan fingerprint density at radius 2 is 1.55 bits per heavy atom. The van der Waals surface area contributed by atoms with Gasteiger partial charge in [-0.15, -0.1) is 0 Å². The van der Waals surface area contributed by atoms with E-state index in [1.54, 1.807) is 12.1 Å². The maximum atomic E-state index is 13.6. The van der Waals surface area contributed by atoms with Gasteiger partial charge in [-0.05, 0) is 41.5 Å². The molecule has 29 heavy (non-hydrogen) atoms. The van der Waals surface area contributed by atoms with Crippen LogP contribution < -0.4 is 9.47 Å². The van der Waals surface area contributed by atoms with Gasteiger partial charge in [0.1, 0.15) is 5.75 Å². The van der Waals surface area contributed by atoms with Gasteiger partial charge in [-0.1, -0.05) is 42.5 Å². The Balaban J connectivity index is 1.47. The fourth-order valence-electron chi connectivity index (χ4n) is 2.63. The highest BCUT2D eigenvalue weighted by Crippen LogP contribution is 2.22. The van der Waals surface area contributed by atoms with Crippen LogP contribution in [0.15, 0.2) is 72.8 Å². The molecule has 0 atom stereocenters. The minimum atomic E-state index is -0.695. The molecular weight excluding hydrogens is 375 g/mol. The molecule has 0 amide bonds. The van der Waals surface area contributed by atoms with E-state index in [0.29, 0.717) is 5.75 Å². The molecule has 148 valence electrons. The highest BCUT2D eigenvalue weighted by molar-refractivity contribution is 5.98. The Labute approximate surface area is 167 Å². The SMILES string of the molecule is COc1ccc(C(=O)COC(=O)COc2ccc(-c3ccccc3)cc2)cc1F. The molecule has 0 saturated heterocycles. The summed E-state index contributed by atoms with van der Waals surface area (Å²) in [6, 6.07) is 20.9. The van der Waals surface area contributed by atoms with Crippen molar-refractivity contribution < 1.29 is 28.2 Å². The zero-order chi connectivity index (χ0) is 20.6. The van der Waals surface area contributed by atoms with Gasteiger partial charge in [0.25, 0.3) is 0 Å². The molecule has 0 radical (unpaired) electrons. The first-order valence-corrected chi connectivity index (χ1v) is 8.87. The van der Waals surface area contributed by atoms with Crippen molar-refractivity contribution >= 4 is 11.8 Å². The number of halogens is 1. The smallest absolute Gasteiger partial charge is 0.344 e. The predicted molar refractivity (Wildman–Crippen MR) is 106 cm³/mol. The highest BCUT2D eigenvalue weighted by Gasteiger charge is 2.13. The Morgan fingerprint density at radius 3 is 2.21 bits per heavy atom. The van der Waals surface area contributed by atoms with Gasteiger partial charge in [0.15, 0.2) is 30.6 Å². The summed E-state index contributed by atoms with van der Waals surface area (Å²) in [5.74, 6) is -1.34. The van der Waals surface area contributed by atoms with Crippen molar-refractivity contribution in [1.82, 2.24) is 0 Å². The van der Waals surface area contributed by atoms with Crippen LogP contribution >= 0.6 is 0 Å². The summed E-state index contributed by atoms with van der Waals surface area (Å²) >= 11 is 0. The largest absolute Gasteiger partial charge is 0.494 e. The van der Waals surface area contributed by atoms with E-state index in [4.69, 9.17) is 14.2 Å². The molecule has 6 heteroatoms. The van der Waals surface area contributed by atoms with Gasteiger partial charge >= 0.3 is 5.97 Å². The van der Waals surface area contributed by atoms with Crippen molar-refractivity contribution in [3.05, 3.63) is 84.2 Å². The molecule has 3 rings (SSSR count). The van der Waals surface area contributed by atoms with Crippen LogP contribution in [0, 0.1) is 5.82 Å². The molecule has 0 aromatic heterocycles. The summed E-state index contributed by atoms with van der Waals surface area (Å²) in [5, 5.41) is 0. The number of methoxy groups -OCH3 is 1. The van der Waals surface area contributed by atoms with Gasteiger partial charge in [0.05, 0.1) is 7.11 Å². The molecule has 0 fully saturated rings. The van der Waals surface area contributed by atoms with Crippen molar-refractivity contribution in [3.63, 3.8) is 0 Å². The van der Waals surface area contributed by atoms with E-state index >= 15 is 0 Å². The molecule has 0 aliphatic heterocycles. The average molecular weight is 394 g/mol. The number of ether oxygens (including phenoxy) is 3. The van der Waals surface area contributed by atoms with Crippen molar-refractivity contribution in [2.24, 2.45) is 0 Å². The minimum absolute atomic E-state index is 0.0326. The van der Waals surface area contributed by atoms with E-state index in [1.165, 1.54) is 19.2 Å². The summed E-state index contributed by atoms with van der Waals surface area (Å²) in [6.45, 7) is -0.837. The minimum Gasteiger partial charge on any atom is -0.494 e. The van der Waals surface area contributed by atoms with Gasteiger partial charge in [-0.25, -0.2) is 9.18 Å². The molecule has 0 bridgehead atoms. The van der Waals surface area contributed by atoms with Crippen LogP contribution in [0.1, 0.15) is 10.4 Å². The van der Waals surface area contributed by atoms with Gasteiger partial charge in [0, 0.05) is 5.56 Å².